The van der Waals surface area contributed by atoms with Crippen LogP contribution >= 0.6 is 0 Å². The summed E-state index contributed by atoms with van der Waals surface area (Å²) in [6, 6.07) is 7.58. The minimum absolute atomic E-state index is 0.0882. The lowest BCUT2D eigenvalue weighted by atomic mass is 9.97. The smallest absolute Gasteiger partial charge is 0.321 e. The number of benzene rings is 1. The molecule has 1 aliphatic heterocycles. The lowest BCUT2D eigenvalue weighted by Crippen LogP contribution is -2.52. The fourth-order valence-electron chi connectivity index (χ4n) is 2.18. The van der Waals surface area contributed by atoms with E-state index < -0.39 is 5.97 Å². The predicted octanol–water partition coefficient (Wildman–Crippen LogP) is 2.19. The summed E-state index contributed by atoms with van der Waals surface area (Å²) in [4.78, 5) is 24.0. The quantitative estimate of drug-likeness (QED) is 0.873. The van der Waals surface area contributed by atoms with Crippen molar-refractivity contribution in [3.05, 3.63) is 29.8 Å². The molecule has 0 atom stereocenters. The molecule has 5 nitrogen and oxygen atoms in total. The Bertz CT molecular complexity index is 481. The molecule has 1 aromatic carbocycles. The lowest BCUT2D eigenvalue weighted by molar-refractivity contribution is -0.139. The summed E-state index contributed by atoms with van der Waals surface area (Å²) in [7, 11) is 0. The number of amides is 2. The second-order valence-corrected chi connectivity index (χ2v) is 4.85. The SMILES string of the molecule is CCc1cccc(NC(=O)N2CC(CC(=O)O)C2)c1. The van der Waals surface area contributed by atoms with Gasteiger partial charge >= 0.3 is 12.0 Å². The van der Waals surface area contributed by atoms with Crippen molar-refractivity contribution in [1.82, 2.24) is 4.90 Å². The van der Waals surface area contributed by atoms with E-state index >= 15 is 0 Å². The summed E-state index contributed by atoms with van der Waals surface area (Å²) >= 11 is 0. The van der Waals surface area contributed by atoms with Gasteiger partial charge in [-0.25, -0.2) is 4.79 Å². The van der Waals surface area contributed by atoms with E-state index in [1.807, 2.05) is 24.3 Å². The van der Waals surface area contributed by atoms with Crippen molar-refractivity contribution in [1.29, 1.82) is 0 Å². The molecule has 0 aliphatic carbocycles. The summed E-state index contributed by atoms with van der Waals surface area (Å²) in [5.74, 6) is -0.717. The summed E-state index contributed by atoms with van der Waals surface area (Å²) in [5, 5.41) is 11.5. The molecule has 1 saturated heterocycles. The maximum atomic E-state index is 11.9. The zero-order valence-corrected chi connectivity index (χ0v) is 10.9. The zero-order valence-electron chi connectivity index (χ0n) is 10.9. The van der Waals surface area contributed by atoms with Gasteiger partial charge in [0.2, 0.25) is 0 Å². The Morgan fingerprint density at radius 1 is 1.42 bits per heavy atom. The highest BCUT2D eigenvalue weighted by molar-refractivity contribution is 5.90. The maximum absolute atomic E-state index is 11.9. The Morgan fingerprint density at radius 2 is 2.16 bits per heavy atom. The van der Waals surface area contributed by atoms with Gasteiger partial charge in [-0.15, -0.1) is 0 Å². The number of likely N-dealkylation sites (tertiary alicyclic amines) is 1. The standard InChI is InChI=1S/C14H18N2O3/c1-2-10-4-3-5-12(6-10)15-14(19)16-8-11(9-16)7-13(17)18/h3-6,11H,2,7-9H2,1H3,(H,15,19)(H,17,18). The Kier molecular flexibility index (Phi) is 4.04. The van der Waals surface area contributed by atoms with Crippen LogP contribution in [0.4, 0.5) is 10.5 Å². The van der Waals surface area contributed by atoms with E-state index in [2.05, 4.69) is 12.2 Å². The van der Waals surface area contributed by atoms with Crippen LogP contribution in [0.1, 0.15) is 18.9 Å². The second-order valence-electron chi connectivity index (χ2n) is 4.85. The van der Waals surface area contributed by atoms with Crippen molar-refractivity contribution in [2.75, 3.05) is 18.4 Å². The summed E-state index contributed by atoms with van der Waals surface area (Å²) in [6.07, 6.45) is 1.06. The Hall–Kier alpha value is -2.04. The van der Waals surface area contributed by atoms with Gasteiger partial charge in [0.05, 0.1) is 6.42 Å². The van der Waals surface area contributed by atoms with E-state index in [4.69, 9.17) is 5.11 Å². The van der Waals surface area contributed by atoms with Gasteiger partial charge in [0, 0.05) is 24.7 Å². The number of carboxylic acids is 1. The van der Waals surface area contributed by atoms with Gasteiger partial charge in [0.25, 0.3) is 0 Å². The molecular formula is C14H18N2O3. The van der Waals surface area contributed by atoms with Gasteiger partial charge < -0.3 is 15.3 Å². The predicted molar refractivity (Wildman–Crippen MR) is 72.2 cm³/mol. The maximum Gasteiger partial charge on any atom is 0.321 e. The third-order valence-corrected chi connectivity index (χ3v) is 3.29. The first-order valence-electron chi connectivity index (χ1n) is 6.45. The molecule has 1 aromatic rings. The number of hydrogen-bond acceptors (Lipinski definition) is 2. The summed E-state index contributed by atoms with van der Waals surface area (Å²) in [6.45, 7) is 3.10. The molecule has 0 aromatic heterocycles. The van der Waals surface area contributed by atoms with Gasteiger partial charge in [0.15, 0.2) is 0 Å². The van der Waals surface area contributed by atoms with Crippen LogP contribution in [0.15, 0.2) is 24.3 Å². The first-order valence-corrected chi connectivity index (χ1v) is 6.45. The number of urea groups is 1. The summed E-state index contributed by atoms with van der Waals surface area (Å²) < 4.78 is 0. The van der Waals surface area contributed by atoms with E-state index in [9.17, 15) is 9.59 Å². The fraction of sp³-hybridized carbons (Fsp3) is 0.429. The monoisotopic (exact) mass is 262 g/mol. The third kappa shape index (κ3) is 3.47. The number of carboxylic acid groups (broad SMARTS) is 1. The number of hydrogen-bond donors (Lipinski definition) is 2. The highest BCUT2D eigenvalue weighted by atomic mass is 16.4. The Morgan fingerprint density at radius 3 is 2.79 bits per heavy atom. The molecule has 0 radical (unpaired) electrons. The van der Waals surface area contributed by atoms with E-state index in [0.717, 1.165) is 12.1 Å². The first kappa shape index (κ1) is 13.4. The number of anilines is 1. The van der Waals surface area contributed by atoms with E-state index in [-0.39, 0.29) is 18.4 Å². The minimum atomic E-state index is -0.805. The number of aryl methyl sites for hydroxylation is 1. The van der Waals surface area contributed by atoms with Crippen LogP contribution < -0.4 is 5.32 Å². The molecule has 5 heteroatoms. The molecule has 19 heavy (non-hydrogen) atoms. The van der Waals surface area contributed by atoms with E-state index in [1.165, 1.54) is 5.56 Å². The zero-order chi connectivity index (χ0) is 13.8. The highest BCUT2D eigenvalue weighted by Gasteiger charge is 2.31. The van der Waals surface area contributed by atoms with Gasteiger partial charge in [-0.1, -0.05) is 19.1 Å². The molecular weight excluding hydrogens is 244 g/mol. The number of carbonyl (C=O) groups is 2. The van der Waals surface area contributed by atoms with Gasteiger partial charge in [-0.3, -0.25) is 4.79 Å². The van der Waals surface area contributed by atoms with Crippen molar-refractivity contribution in [2.45, 2.75) is 19.8 Å². The normalized spacial score (nSPS) is 14.9. The van der Waals surface area contributed by atoms with Gasteiger partial charge in [-0.2, -0.15) is 0 Å². The van der Waals surface area contributed by atoms with Crippen LogP contribution in [0.2, 0.25) is 0 Å². The van der Waals surface area contributed by atoms with E-state index in [0.29, 0.717) is 13.1 Å². The Labute approximate surface area is 112 Å². The fourth-order valence-corrected chi connectivity index (χ4v) is 2.18. The van der Waals surface area contributed by atoms with Crippen LogP contribution in [-0.2, 0) is 11.2 Å². The number of carbonyl (C=O) groups excluding carboxylic acids is 1. The Balaban J connectivity index is 1.84. The third-order valence-electron chi connectivity index (χ3n) is 3.29. The van der Waals surface area contributed by atoms with E-state index in [1.54, 1.807) is 4.90 Å². The topological polar surface area (TPSA) is 69.6 Å². The molecule has 2 N–H and O–H groups in total. The molecule has 0 saturated carbocycles. The first-order chi connectivity index (χ1) is 9.08. The highest BCUT2D eigenvalue weighted by Crippen LogP contribution is 2.20. The summed E-state index contributed by atoms with van der Waals surface area (Å²) in [5.41, 5.74) is 1.95. The molecule has 1 heterocycles. The van der Waals surface area contributed by atoms with Crippen LogP contribution in [-0.4, -0.2) is 35.1 Å². The second kappa shape index (κ2) is 5.73. The van der Waals surface area contributed by atoms with Crippen LogP contribution in [0.25, 0.3) is 0 Å². The number of nitrogens with one attached hydrogen (secondary N) is 1. The average molecular weight is 262 g/mol. The van der Waals surface area contributed by atoms with Crippen molar-refractivity contribution >= 4 is 17.7 Å². The molecule has 0 unspecified atom stereocenters. The van der Waals surface area contributed by atoms with Crippen LogP contribution in [0, 0.1) is 5.92 Å². The van der Waals surface area contributed by atoms with Gasteiger partial charge in [-0.05, 0) is 24.1 Å². The molecule has 0 bridgehead atoms. The number of nitrogens with zero attached hydrogens (tertiary/aromatic N) is 1. The molecule has 1 aliphatic rings. The molecule has 2 amide bonds. The van der Waals surface area contributed by atoms with Crippen molar-refractivity contribution in [3.63, 3.8) is 0 Å². The molecule has 2 rings (SSSR count). The molecule has 0 spiro atoms. The largest absolute Gasteiger partial charge is 0.481 e. The van der Waals surface area contributed by atoms with Crippen molar-refractivity contribution in [2.24, 2.45) is 5.92 Å². The molecule has 102 valence electrons. The number of aliphatic carboxylic acids is 1. The van der Waals surface area contributed by atoms with Crippen LogP contribution in [0.3, 0.4) is 0 Å². The van der Waals surface area contributed by atoms with Crippen LogP contribution in [0.5, 0.6) is 0 Å². The number of rotatable bonds is 4. The van der Waals surface area contributed by atoms with Crippen molar-refractivity contribution in [3.8, 4) is 0 Å². The van der Waals surface area contributed by atoms with Gasteiger partial charge in [0.1, 0.15) is 0 Å². The minimum Gasteiger partial charge on any atom is -0.481 e. The lowest BCUT2D eigenvalue weighted by Gasteiger charge is -2.38. The molecule has 1 fully saturated rings. The average Bonchev–Trinajstić information content (AvgIpc) is 2.33. The van der Waals surface area contributed by atoms with Crippen molar-refractivity contribution < 1.29 is 14.7 Å².